The van der Waals surface area contributed by atoms with Crippen molar-refractivity contribution in [3.8, 4) is 10.6 Å². The summed E-state index contributed by atoms with van der Waals surface area (Å²) >= 11 is 1.74. The Morgan fingerprint density at radius 3 is 2.25 bits per heavy atom. The molecule has 0 saturated heterocycles. The lowest BCUT2D eigenvalue weighted by atomic mass is 10.2. The molecule has 2 nitrogen and oxygen atoms in total. The number of thiazole rings is 1. The third-order valence-corrected chi connectivity index (χ3v) is 3.40. The lowest BCUT2D eigenvalue weighted by molar-refractivity contribution is 0.824. The van der Waals surface area contributed by atoms with Crippen LogP contribution in [0.5, 0.6) is 0 Å². The predicted octanol–water partition coefficient (Wildman–Crippen LogP) is 3.14. The van der Waals surface area contributed by atoms with Gasteiger partial charge < -0.3 is 5.48 Å². The highest BCUT2D eigenvalue weighted by Gasteiger charge is 2.03. The van der Waals surface area contributed by atoms with Crippen LogP contribution in [-0.4, -0.2) is 10.5 Å². The van der Waals surface area contributed by atoms with Crippen molar-refractivity contribution in [1.29, 1.82) is 0 Å². The van der Waals surface area contributed by atoms with Crippen LogP contribution in [0, 0.1) is 0 Å². The molecule has 80 valence electrons. The van der Waals surface area contributed by atoms with E-state index in [-0.39, 0.29) is 5.48 Å². The zero-order valence-corrected chi connectivity index (χ0v) is 9.37. The van der Waals surface area contributed by atoms with Crippen LogP contribution in [0.25, 0.3) is 20.8 Å². The lowest BCUT2D eigenvalue weighted by Gasteiger charge is -1.92. The average Bonchev–Trinajstić information content (AvgIpc) is 2.74. The number of aromatic nitrogens is 1. The highest BCUT2D eigenvalue weighted by atomic mass is 32.1. The quantitative estimate of drug-likeness (QED) is 0.632. The predicted molar refractivity (Wildman–Crippen MR) is 68.7 cm³/mol. The number of nitrogens with zero attached hydrogens (tertiary/aromatic N) is 1. The molecule has 0 spiro atoms. The Bertz CT molecular complexity index is 556. The molecule has 3 heteroatoms. The monoisotopic (exact) mass is 229 g/mol. The van der Waals surface area contributed by atoms with E-state index in [0.717, 1.165) is 10.5 Å². The summed E-state index contributed by atoms with van der Waals surface area (Å²) in [6, 6.07) is 18.5. The van der Waals surface area contributed by atoms with Crippen molar-refractivity contribution < 1.29 is 5.48 Å². The Hall–Kier alpha value is -1.71. The normalized spacial score (nSPS) is 10.0. The van der Waals surface area contributed by atoms with E-state index < -0.39 is 0 Å². The summed E-state index contributed by atoms with van der Waals surface area (Å²) in [5, 5.41) is 1.09. The minimum atomic E-state index is 0. The molecule has 3 aromatic rings. The van der Waals surface area contributed by atoms with Gasteiger partial charge in [0.2, 0.25) is 0 Å². The molecule has 0 aliphatic heterocycles. The zero-order valence-electron chi connectivity index (χ0n) is 8.55. The molecule has 0 aliphatic carbocycles. The summed E-state index contributed by atoms with van der Waals surface area (Å²) in [4.78, 5) is 4.60. The van der Waals surface area contributed by atoms with E-state index in [9.17, 15) is 0 Å². The largest absolute Gasteiger partial charge is 0.412 e. The molecule has 1 heterocycles. The van der Waals surface area contributed by atoms with Crippen molar-refractivity contribution in [3.05, 3.63) is 54.6 Å². The van der Waals surface area contributed by atoms with Crippen molar-refractivity contribution in [2.75, 3.05) is 0 Å². The number of para-hydroxylation sites is 1. The maximum atomic E-state index is 4.60. The Kier molecular flexibility index (Phi) is 2.99. The van der Waals surface area contributed by atoms with Crippen molar-refractivity contribution in [1.82, 2.24) is 4.98 Å². The summed E-state index contributed by atoms with van der Waals surface area (Å²) in [7, 11) is 0. The molecular formula is C13H11NOS. The molecule has 0 radical (unpaired) electrons. The van der Waals surface area contributed by atoms with Gasteiger partial charge in [-0.05, 0) is 12.1 Å². The first-order chi connectivity index (χ1) is 7.43. The smallest absolute Gasteiger partial charge is 0.124 e. The minimum Gasteiger partial charge on any atom is -0.412 e. The Labute approximate surface area is 97.5 Å². The molecule has 0 atom stereocenters. The fraction of sp³-hybridized carbons (Fsp3) is 0. The summed E-state index contributed by atoms with van der Waals surface area (Å²) in [5.41, 5.74) is 2.28. The second-order valence-corrected chi connectivity index (χ2v) is 4.38. The molecule has 0 unspecified atom stereocenters. The molecule has 0 amide bonds. The van der Waals surface area contributed by atoms with E-state index in [1.54, 1.807) is 11.3 Å². The van der Waals surface area contributed by atoms with Crippen LogP contribution in [-0.2, 0) is 0 Å². The average molecular weight is 229 g/mol. The second kappa shape index (κ2) is 4.43. The van der Waals surface area contributed by atoms with E-state index in [0.29, 0.717) is 0 Å². The fourth-order valence-electron chi connectivity index (χ4n) is 1.58. The van der Waals surface area contributed by atoms with Gasteiger partial charge in [0.15, 0.2) is 0 Å². The first kappa shape index (κ1) is 10.8. The van der Waals surface area contributed by atoms with Gasteiger partial charge in [-0.25, -0.2) is 4.98 Å². The van der Waals surface area contributed by atoms with Gasteiger partial charge in [0.05, 0.1) is 10.2 Å². The van der Waals surface area contributed by atoms with Gasteiger partial charge in [0.25, 0.3) is 0 Å². The van der Waals surface area contributed by atoms with E-state index in [1.807, 2.05) is 24.3 Å². The van der Waals surface area contributed by atoms with Crippen LogP contribution in [0.2, 0.25) is 0 Å². The Morgan fingerprint density at radius 1 is 0.812 bits per heavy atom. The van der Waals surface area contributed by atoms with E-state index >= 15 is 0 Å². The molecule has 0 bridgehead atoms. The first-order valence-electron chi connectivity index (χ1n) is 4.84. The fourth-order valence-corrected chi connectivity index (χ4v) is 2.55. The van der Waals surface area contributed by atoms with Gasteiger partial charge in [-0.15, -0.1) is 11.3 Å². The van der Waals surface area contributed by atoms with Crippen molar-refractivity contribution in [2.24, 2.45) is 0 Å². The standard InChI is InChI=1S/C13H9NS.H2O/c1-2-6-10(7-3-1)13-14-11-8-4-5-9-12(11)15-13;/h1-9H;1H2. The maximum absolute atomic E-state index is 4.60. The Balaban J connectivity index is 0.000000963. The number of benzene rings is 2. The molecule has 2 N–H and O–H groups in total. The van der Waals surface area contributed by atoms with Gasteiger partial charge in [0.1, 0.15) is 5.01 Å². The summed E-state index contributed by atoms with van der Waals surface area (Å²) in [6.07, 6.45) is 0. The van der Waals surface area contributed by atoms with E-state index in [2.05, 4.69) is 35.3 Å². The van der Waals surface area contributed by atoms with Crippen molar-refractivity contribution in [2.45, 2.75) is 0 Å². The molecule has 1 aromatic heterocycles. The maximum Gasteiger partial charge on any atom is 0.124 e. The molecule has 2 aromatic carbocycles. The van der Waals surface area contributed by atoms with Gasteiger partial charge in [-0.2, -0.15) is 0 Å². The number of rotatable bonds is 1. The van der Waals surface area contributed by atoms with E-state index in [1.165, 1.54) is 10.3 Å². The van der Waals surface area contributed by atoms with E-state index in [4.69, 9.17) is 0 Å². The van der Waals surface area contributed by atoms with Crippen LogP contribution < -0.4 is 0 Å². The summed E-state index contributed by atoms with van der Waals surface area (Å²) in [6.45, 7) is 0. The van der Waals surface area contributed by atoms with Crippen LogP contribution in [0.4, 0.5) is 0 Å². The lowest BCUT2D eigenvalue weighted by Crippen LogP contribution is -1.73. The third-order valence-electron chi connectivity index (χ3n) is 2.31. The van der Waals surface area contributed by atoms with Crippen LogP contribution in [0.3, 0.4) is 0 Å². The molecule has 0 fully saturated rings. The Morgan fingerprint density at radius 2 is 1.50 bits per heavy atom. The van der Waals surface area contributed by atoms with Crippen molar-refractivity contribution in [3.63, 3.8) is 0 Å². The van der Waals surface area contributed by atoms with Gasteiger partial charge in [0, 0.05) is 5.56 Å². The highest BCUT2D eigenvalue weighted by Crippen LogP contribution is 2.29. The SMILES string of the molecule is O.c1ccc(-c2nc3ccccc3s2)cc1. The van der Waals surface area contributed by atoms with Crippen LogP contribution in [0.1, 0.15) is 0 Å². The molecular weight excluding hydrogens is 218 g/mol. The third kappa shape index (κ3) is 1.83. The topological polar surface area (TPSA) is 44.4 Å². The van der Waals surface area contributed by atoms with Gasteiger partial charge >= 0.3 is 0 Å². The number of hydrogen-bond acceptors (Lipinski definition) is 2. The zero-order chi connectivity index (χ0) is 10.1. The summed E-state index contributed by atoms with van der Waals surface area (Å²) < 4.78 is 1.25. The first-order valence-corrected chi connectivity index (χ1v) is 5.66. The number of fused-ring (bicyclic) bond motifs is 1. The molecule has 3 rings (SSSR count). The van der Waals surface area contributed by atoms with Gasteiger partial charge in [-0.1, -0.05) is 42.5 Å². The van der Waals surface area contributed by atoms with Crippen molar-refractivity contribution >= 4 is 21.6 Å². The molecule has 16 heavy (non-hydrogen) atoms. The molecule has 0 aliphatic rings. The van der Waals surface area contributed by atoms with Crippen LogP contribution in [0.15, 0.2) is 54.6 Å². The second-order valence-electron chi connectivity index (χ2n) is 3.35. The molecule has 0 saturated carbocycles. The van der Waals surface area contributed by atoms with Crippen LogP contribution >= 0.6 is 11.3 Å². The summed E-state index contributed by atoms with van der Waals surface area (Å²) in [5.74, 6) is 0. The number of hydrogen-bond donors (Lipinski definition) is 0. The minimum absolute atomic E-state index is 0. The van der Waals surface area contributed by atoms with Gasteiger partial charge in [-0.3, -0.25) is 0 Å². The highest BCUT2D eigenvalue weighted by molar-refractivity contribution is 7.21.